The zero-order chi connectivity index (χ0) is 13.9. The highest BCUT2D eigenvalue weighted by Crippen LogP contribution is 2.38. The number of rotatable bonds is 5. The van der Waals surface area contributed by atoms with E-state index in [9.17, 15) is 0 Å². The molecule has 1 spiro atoms. The molecule has 0 aromatic carbocycles. The molecule has 0 saturated carbocycles. The molecule has 2 aliphatic heterocycles. The van der Waals surface area contributed by atoms with Gasteiger partial charge in [0.2, 0.25) is 0 Å². The van der Waals surface area contributed by atoms with Gasteiger partial charge in [-0.25, -0.2) is 0 Å². The maximum Gasteiger partial charge on any atom is 0.0795 e. The minimum Gasteiger partial charge on any atom is -0.374 e. The van der Waals surface area contributed by atoms with E-state index in [1.807, 2.05) is 0 Å². The summed E-state index contributed by atoms with van der Waals surface area (Å²) in [5.41, 5.74) is 0.214. The minimum absolute atomic E-state index is 0.214. The highest BCUT2D eigenvalue weighted by molar-refractivity contribution is 7.99. The van der Waals surface area contributed by atoms with E-state index in [0.717, 1.165) is 24.4 Å². The quantitative estimate of drug-likeness (QED) is 0.834. The van der Waals surface area contributed by atoms with Crippen LogP contribution in [0, 0.1) is 17.8 Å². The van der Waals surface area contributed by atoms with E-state index in [1.165, 1.54) is 37.3 Å². The third kappa shape index (κ3) is 4.12. The Balaban J connectivity index is 1.82. The van der Waals surface area contributed by atoms with Crippen molar-refractivity contribution in [2.75, 3.05) is 24.7 Å². The van der Waals surface area contributed by atoms with Gasteiger partial charge in [-0.1, -0.05) is 27.7 Å². The van der Waals surface area contributed by atoms with E-state index in [2.05, 4.69) is 44.8 Å². The van der Waals surface area contributed by atoms with Crippen LogP contribution in [0.1, 0.15) is 47.0 Å². The van der Waals surface area contributed by atoms with Crippen molar-refractivity contribution in [3.63, 3.8) is 0 Å². The van der Waals surface area contributed by atoms with E-state index in [4.69, 9.17) is 4.74 Å². The van der Waals surface area contributed by atoms with E-state index >= 15 is 0 Å². The number of hydrogen-bond acceptors (Lipinski definition) is 3. The zero-order valence-corrected chi connectivity index (χ0v) is 13.9. The highest BCUT2D eigenvalue weighted by atomic mass is 32.2. The fourth-order valence-electron chi connectivity index (χ4n) is 3.61. The molecule has 2 nitrogen and oxygen atoms in total. The minimum atomic E-state index is 0.214. The molecule has 19 heavy (non-hydrogen) atoms. The predicted molar refractivity (Wildman–Crippen MR) is 84.8 cm³/mol. The predicted octanol–water partition coefficient (Wildman–Crippen LogP) is 3.56. The van der Waals surface area contributed by atoms with Crippen LogP contribution in [0.15, 0.2) is 0 Å². The molecule has 2 fully saturated rings. The molecule has 0 amide bonds. The Bertz CT molecular complexity index is 266. The van der Waals surface area contributed by atoms with E-state index in [0.29, 0.717) is 6.04 Å². The van der Waals surface area contributed by atoms with Crippen molar-refractivity contribution in [1.29, 1.82) is 0 Å². The van der Waals surface area contributed by atoms with Gasteiger partial charge in [0.1, 0.15) is 0 Å². The van der Waals surface area contributed by atoms with Gasteiger partial charge >= 0.3 is 0 Å². The standard InChI is InChI=1S/C16H31NOS/c1-12(2)15(13(3)4)10-17-14-5-7-18-16(9-14)6-8-19-11-16/h12-15,17H,5-11H2,1-4H3. The van der Waals surface area contributed by atoms with Gasteiger partial charge in [0.25, 0.3) is 0 Å². The Morgan fingerprint density at radius 2 is 2.00 bits per heavy atom. The van der Waals surface area contributed by atoms with Crippen molar-refractivity contribution < 1.29 is 4.74 Å². The van der Waals surface area contributed by atoms with Gasteiger partial charge in [0.15, 0.2) is 0 Å². The molecule has 2 saturated heterocycles. The second-order valence-electron chi connectivity index (χ2n) is 7.08. The number of ether oxygens (including phenoxy) is 1. The first-order chi connectivity index (χ1) is 9.02. The summed E-state index contributed by atoms with van der Waals surface area (Å²) in [7, 11) is 0. The van der Waals surface area contributed by atoms with Gasteiger partial charge < -0.3 is 10.1 Å². The third-order valence-corrected chi connectivity index (χ3v) is 6.14. The van der Waals surface area contributed by atoms with E-state index in [-0.39, 0.29) is 5.60 Å². The van der Waals surface area contributed by atoms with E-state index in [1.54, 1.807) is 0 Å². The van der Waals surface area contributed by atoms with Gasteiger partial charge in [-0.05, 0) is 49.3 Å². The highest BCUT2D eigenvalue weighted by Gasteiger charge is 2.40. The Morgan fingerprint density at radius 1 is 1.26 bits per heavy atom. The molecule has 2 rings (SSSR count). The summed E-state index contributed by atoms with van der Waals surface area (Å²) in [6.07, 6.45) is 3.67. The van der Waals surface area contributed by atoms with Gasteiger partial charge in [0.05, 0.1) is 5.60 Å². The lowest BCUT2D eigenvalue weighted by Crippen LogP contribution is -2.48. The first-order valence-electron chi connectivity index (χ1n) is 7.97. The zero-order valence-electron chi connectivity index (χ0n) is 13.1. The fourth-order valence-corrected chi connectivity index (χ4v) is 4.99. The number of hydrogen-bond donors (Lipinski definition) is 1. The molecule has 0 bridgehead atoms. The van der Waals surface area contributed by atoms with Crippen molar-refractivity contribution in [1.82, 2.24) is 5.32 Å². The number of thioether (sulfide) groups is 1. The molecule has 2 unspecified atom stereocenters. The molecule has 0 aromatic heterocycles. The van der Waals surface area contributed by atoms with Crippen molar-refractivity contribution in [3.8, 4) is 0 Å². The van der Waals surface area contributed by atoms with Crippen molar-refractivity contribution in [3.05, 3.63) is 0 Å². The van der Waals surface area contributed by atoms with Gasteiger partial charge in [0, 0.05) is 18.4 Å². The average Bonchev–Trinajstić information content (AvgIpc) is 2.76. The molecule has 3 heteroatoms. The van der Waals surface area contributed by atoms with Crippen LogP contribution in [0.3, 0.4) is 0 Å². The number of nitrogens with one attached hydrogen (secondary N) is 1. The summed E-state index contributed by atoms with van der Waals surface area (Å²) in [5.74, 6) is 4.82. The smallest absolute Gasteiger partial charge is 0.0795 e. The second kappa shape index (κ2) is 6.82. The molecule has 0 radical (unpaired) electrons. The van der Waals surface area contributed by atoms with Crippen LogP contribution < -0.4 is 5.32 Å². The largest absolute Gasteiger partial charge is 0.374 e. The van der Waals surface area contributed by atoms with Gasteiger partial charge in [-0.2, -0.15) is 11.8 Å². The Morgan fingerprint density at radius 3 is 2.58 bits per heavy atom. The third-order valence-electron chi connectivity index (χ3n) is 4.91. The average molecular weight is 285 g/mol. The van der Waals surface area contributed by atoms with Gasteiger partial charge in [-0.3, -0.25) is 0 Å². The van der Waals surface area contributed by atoms with Crippen molar-refractivity contribution >= 4 is 11.8 Å². The SMILES string of the molecule is CC(C)C(CNC1CCOC2(CCSC2)C1)C(C)C. The maximum atomic E-state index is 6.10. The van der Waals surface area contributed by atoms with Gasteiger partial charge in [-0.15, -0.1) is 0 Å². The Kier molecular flexibility index (Phi) is 5.62. The van der Waals surface area contributed by atoms with Crippen LogP contribution in [0.2, 0.25) is 0 Å². The second-order valence-corrected chi connectivity index (χ2v) is 8.19. The van der Waals surface area contributed by atoms with E-state index < -0.39 is 0 Å². The summed E-state index contributed by atoms with van der Waals surface area (Å²) in [6.45, 7) is 11.5. The lowest BCUT2D eigenvalue weighted by molar-refractivity contribution is -0.0707. The molecule has 0 aliphatic carbocycles. The van der Waals surface area contributed by atoms with Crippen LogP contribution in [-0.2, 0) is 4.74 Å². The summed E-state index contributed by atoms with van der Waals surface area (Å²) in [6, 6.07) is 0.674. The summed E-state index contributed by atoms with van der Waals surface area (Å²) in [4.78, 5) is 0. The maximum absolute atomic E-state index is 6.10. The first kappa shape index (κ1) is 15.7. The van der Waals surface area contributed by atoms with Crippen molar-refractivity contribution in [2.45, 2.75) is 58.6 Å². The molecule has 2 aliphatic rings. The fraction of sp³-hybridized carbons (Fsp3) is 1.00. The van der Waals surface area contributed by atoms with Crippen LogP contribution in [0.5, 0.6) is 0 Å². The Labute approximate surface area is 123 Å². The summed E-state index contributed by atoms with van der Waals surface area (Å²) >= 11 is 2.06. The normalized spacial score (nSPS) is 32.1. The molecule has 0 aromatic rings. The lowest BCUT2D eigenvalue weighted by atomic mass is 9.84. The monoisotopic (exact) mass is 285 g/mol. The molecule has 2 atom stereocenters. The topological polar surface area (TPSA) is 21.3 Å². The molecular weight excluding hydrogens is 254 g/mol. The van der Waals surface area contributed by atoms with Crippen LogP contribution in [0.25, 0.3) is 0 Å². The van der Waals surface area contributed by atoms with Crippen LogP contribution in [0.4, 0.5) is 0 Å². The van der Waals surface area contributed by atoms with Crippen LogP contribution in [-0.4, -0.2) is 36.3 Å². The summed E-state index contributed by atoms with van der Waals surface area (Å²) < 4.78 is 6.10. The van der Waals surface area contributed by atoms with Crippen LogP contribution >= 0.6 is 11.8 Å². The Hall–Kier alpha value is 0.270. The molecule has 1 N–H and O–H groups in total. The molecule has 112 valence electrons. The molecular formula is C16H31NOS. The summed E-state index contributed by atoms with van der Waals surface area (Å²) in [5, 5.41) is 3.85. The molecule has 2 heterocycles. The van der Waals surface area contributed by atoms with Crippen molar-refractivity contribution in [2.24, 2.45) is 17.8 Å². The lowest BCUT2D eigenvalue weighted by Gasteiger charge is -2.39. The first-order valence-corrected chi connectivity index (χ1v) is 9.13.